The molecule has 0 rings (SSSR count). The fraction of sp³-hybridized carbons (Fsp3) is 0.667. The molecule has 0 saturated heterocycles. The standard InChI is InChI=1S/C6H10N.K/c1-4-6(2,3)5-7;/h1,4H2,2-3H3;/q-1;+1. The molecule has 0 heterocycles. The summed E-state index contributed by atoms with van der Waals surface area (Å²) in [4.78, 5) is 0. The molecule has 0 aliphatic carbocycles. The Balaban J connectivity index is 0. The molecule has 2 heteroatoms. The molecule has 0 aliphatic heterocycles. The number of hydrogen-bond acceptors (Lipinski definition) is 1. The van der Waals surface area contributed by atoms with E-state index < -0.39 is 0 Å². The summed E-state index contributed by atoms with van der Waals surface area (Å²) in [5.41, 5.74) is -0.222. The molecule has 0 aliphatic rings. The monoisotopic (exact) mass is 135 g/mol. The van der Waals surface area contributed by atoms with Gasteiger partial charge in [0, 0.05) is 5.41 Å². The zero-order valence-corrected chi connectivity index (χ0v) is 8.98. The Morgan fingerprint density at radius 1 is 1.62 bits per heavy atom. The van der Waals surface area contributed by atoms with Gasteiger partial charge in [0.05, 0.1) is 6.07 Å². The van der Waals surface area contributed by atoms with E-state index in [1.165, 1.54) is 0 Å². The molecule has 0 spiro atoms. The molecule has 0 atom stereocenters. The van der Waals surface area contributed by atoms with Crippen molar-refractivity contribution in [3.8, 4) is 6.07 Å². The first kappa shape index (κ1) is 11.9. The number of hydrogen-bond donors (Lipinski definition) is 0. The first-order valence-electron chi connectivity index (χ1n) is 2.33. The molecule has 0 bridgehead atoms. The van der Waals surface area contributed by atoms with Crippen molar-refractivity contribution >= 4 is 0 Å². The van der Waals surface area contributed by atoms with Gasteiger partial charge in [-0.05, 0) is 13.8 Å². The van der Waals surface area contributed by atoms with E-state index in [2.05, 4.69) is 13.0 Å². The fourth-order valence-electron chi connectivity index (χ4n) is 0.0559. The Kier molecular flexibility index (Phi) is 7.35. The molecule has 0 radical (unpaired) electrons. The Hall–Kier alpha value is 1.13. The molecule has 1 nitrogen and oxygen atoms in total. The second kappa shape index (κ2) is 4.95. The summed E-state index contributed by atoms with van der Waals surface area (Å²) in [6.07, 6.45) is 0.684. The maximum absolute atomic E-state index is 8.30. The summed E-state index contributed by atoms with van der Waals surface area (Å²) in [6, 6.07) is 2.13. The van der Waals surface area contributed by atoms with Crippen LogP contribution in [0.4, 0.5) is 0 Å². The van der Waals surface area contributed by atoms with Crippen LogP contribution < -0.4 is 51.4 Å². The van der Waals surface area contributed by atoms with E-state index in [-0.39, 0.29) is 56.8 Å². The van der Waals surface area contributed by atoms with Crippen LogP contribution in [0.2, 0.25) is 0 Å². The van der Waals surface area contributed by atoms with Crippen molar-refractivity contribution in [2.24, 2.45) is 5.41 Å². The largest absolute Gasteiger partial charge is 1.00 e. The van der Waals surface area contributed by atoms with Crippen LogP contribution in [-0.4, -0.2) is 0 Å². The summed E-state index contributed by atoms with van der Waals surface area (Å²) >= 11 is 0. The number of nitrogens with zero attached hydrogens (tertiary/aromatic N) is 1. The van der Waals surface area contributed by atoms with Gasteiger partial charge in [-0.3, -0.25) is 0 Å². The Morgan fingerprint density at radius 3 is 2.00 bits per heavy atom. The third kappa shape index (κ3) is 5.27. The summed E-state index contributed by atoms with van der Waals surface area (Å²) in [7, 11) is 0. The van der Waals surface area contributed by atoms with Gasteiger partial charge >= 0.3 is 51.4 Å². The first-order chi connectivity index (χ1) is 3.12. The minimum absolute atomic E-state index is 0. The third-order valence-corrected chi connectivity index (χ3v) is 0.928. The topological polar surface area (TPSA) is 23.8 Å². The van der Waals surface area contributed by atoms with Gasteiger partial charge in [0.1, 0.15) is 0 Å². The maximum atomic E-state index is 8.30. The minimum atomic E-state index is -0.222. The van der Waals surface area contributed by atoms with Gasteiger partial charge in [0.25, 0.3) is 0 Å². The van der Waals surface area contributed by atoms with Gasteiger partial charge in [0.2, 0.25) is 0 Å². The summed E-state index contributed by atoms with van der Waals surface area (Å²) in [6.45, 7) is 7.36. The van der Waals surface area contributed by atoms with Gasteiger partial charge in [-0.1, -0.05) is 0 Å². The fourth-order valence-corrected chi connectivity index (χ4v) is 0.0559. The van der Waals surface area contributed by atoms with Crippen LogP contribution in [0.25, 0.3) is 0 Å². The van der Waals surface area contributed by atoms with E-state index in [4.69, 9.17) is 5.26 Å². The van der Waals surface area contributed by atoms with Crippen LogP contribution in [0.15, 0.2) is 0 Å². The SMILES string of the molecule is [CH2-]CC(C)(C)C#N.[K+]. The van der Waals surface area contributed by atoms with Crippen molar-refractivity contribution < 1.29 is 51.4 Å². The van der Waals surface area contributed by atoms with Crippen molar-refractivity contribution in [2.45, 2.75) is 20.3 Å². The van der Waals surface area contributed by atoms with Crippen LogP contribution in [0, 0.1) is 23.7 Å². The average Bonchev–Trinajstić information content (AvgIpc) is 1.68. The molecule has 0 N–H and O–H groups in total. The predicted octanol–water partition coefficient (Wildman–Crippen LogP) is -1.24. The van der Waals surface area contributed by atoms with Gasteiger partial charge in [-0.15, -0.1) is 0 Å². The first-order valence-corrected chi connectivity index (χ1v) is 2.33. The molecule has 8 heavy (non-hydrogen) atoms. The van der Waals surface area contributed by atoms with Crippen LogP contribution in [-0.2, 0) is 0 Å². The smallest absolute Gasteiger partial charge is 0.342 e. The van der Waals surface area contributed by atoms with Crippen molar-refractivity contribution in [1.82, 2.24) is 0 Å². The molecule has 40 valence electrons. The van der Waals surface area contributed by atoms with Gasteiger partial charge in [-0.25, -0.2) is 0 Å². The van der Waals surface area contributed by atoms with Crippen molar-refractivity contribution in [3.63, 3.8) is 0 Å². The quantitative estimate of drug-likeness (QED) is 0.326. The Morgan fingerprint density at radius 2 is 2.00 bits per heavy atom. The molecule has 0 aromatic carbocycles. The predicted molar refractivity (Wildman–Crippen MR) is 29.4 cm³/mol. The molecule has 0 unspecified atom stereocenters. The van der Waals surface area contributed by atoms with Crippen molar-refractivity contribution in [2.75, 3.05) is 0 Å². The van der Waals surface area contributed by atoms with E-state index in [0.29, 0.717) is 6.42 Å². The maximum Gasteiger partial charge on any atom is 1.00 e. The zero-order chi connectivity index (χ0) is 5.91. The second-order valence-corrected chi connectivity index (χ2v) is 2.25. The Bertz CT molecular complexity index is 91.2. The van der Waals surface area contributed by atoms with Gasteiger partial charge in [0.15, 0.2) is 0 Å². The van der Waals surface area contributed by atoms with Gasteiger partial charge < -0.3 is 6.92 Å². The van der Waals surface area contributed by atoms with Crippen molar-refractivity contribution in [3.05, 3.63) is 6.92 Å². The Labute approximate surface area is 93.9 Å². The summed E-state index contributed by atoms with van der Waals surface area (Å²) < 4.78 is 0. The summed E-state index contributed by atoms with van der Waals surface area (Å²) in [5, 5.41) is 8.30. The molecule has 0 aromatic heterocycles. The minimum Gasteiger partial charge on any atom is -0.342 e. The van der Waals surface area contributed by atoms with E-state index >= 15 is 0 Å². The number of nitriles is 1. The van der Waals surface area contributed by atoms with E-state index in [1.54, 1.807) is 0 Å². The molecular weight excluding hydrogens is 125 g/mol. The van der Waals surface area contributed by atoms with Gasteiger partial charge in [-0.2, -0.15) is 11.7 Å². The molecule has 0 saturated carbocycles. The van der Waals surface area contributed by atoms with E-state index in [0.717, 1.165) is 0 Å². The molecule has 0 fully saturated rings. The average molecular weight is 135 g/mol. The summed E-state index contributed by atoms with van der Waals surface area (Å²) in [5.74, 6) is 0. The zero-order valence-electron chi connectivity index (χ0n) is 5.86. The van der Waals surface area contributed by atoms with Crippen molar-refractivity contribution in [1.29, 1.82) is 5.26 Å². The molecular formula is C6H10KN. The van der Waals surface area contributed by atoms with E-state index in [1.807, 2.05) is 13.8 Å². The van der Waals surface area contributed by atoms with Crippen LogP contribution >= 0.6 is 0 Å². The van der Waals surface area contributed by atoms with Crippen LogP contribution in [0.3, 0.4) is 0 Å². The second-order valence-electron chi connectivity index (χ2n) is 2.25. The molecule has 0 amide bonds. The van der Waals surface area contributed by atoms with Crippen LogP contribution in [0.1, 0.15) is 20.3 Å². The van der Waals surface area contributed by atoms with Crippen LogP contribution in [0.5, 0.6) is 0 Å². The van der Waals surface area contributed by atoms with E-state index in [9.17, 15) is 0 Å². The molecule has 0 aromatic rings. The third-order valence-electron chi connectivity index (χ3n) is 0.928. The number of rotatable bonds is 1. The normalized spacial score (nSPS) is 9.25.